The molecule has 0 spiro atoms. The van der Waals surface area contributed by atoms with Crippen LogP contribution in [0.5, 0.6) is 11.8 Å². The molecule has 0 radical (unpaired) electrons. The van der Waals surface area contributed by atoms with Gasteiger partial charge in [0.25, 0.3) is 0 Å². The second-order valence-corrected chi connectivity index (χ2v) is 9.32. The molecular weight excluding hydrogens is 492 g/mol. The number of benzene rings is 1. The lowest BCUT2D eigenvalue weighted by Gasteiger charge is -2.35. The highest BCUT2D eigenvalue weighted by molar-refractivity contribution is 6.37. The summed E-state index contributed by atoms with van der Waals surface area (Å²) in [6, 6.07) is 9.81. The number of ether oxygens (including phenoxy) is 2. The standard InChI is InChI=1S/C26H31ClN8O2/c1-4-5-18-15-23(33-32-18)29-22-16-24(35-10-8-34(9-11-35)12-13-36-3)31-26(30-22)37-21-7-6-20-19(25(21)27)14-17(2)28-20/h4-7,14-16,28H,8-13H2,1-3H3,(H2,29,30,31,32,33)/b5-4+. The van der Waals surface area contributed by atoms with Crippen molar-refractivity contribution in [2.75, 3.05) is 56.7 Å². The fraction of sp³-hybridized carbons (Fsp3) is 0.346. The lowest BCUT2D eigenvalue weighted by Crippen LogP contribution is -2.47. The van der Waals surface area contributed by atoms with E-state index in [0.717, 1.165) is 67.4 Å². The quantitative estimate of drug-likeness (QED) is 0.282. The van der Waals surface area contributed by atoms with Gasteiger partial charge >= 0.3 is 6.01 Å². The fourth-order valence-electron chi connectivity index (χ4n) is 4.37. The molecule has 0 atom stereocenters. The van der Waals surface area contributed by atoms with Crippen molar-refractivity contribution >= 4 is 46.0 Å². The number of fused-ring (bicyclic) bond motifs is 1. The van der Waals surface area contributed by atoms with Crippen LogP contribution in [-0.4, -0.2) is 76.5 Å². The minimum atomic E-state index is 0.208. The van der Waals surface area contributed by atoms with Gasteiger partial charge in [0.2, 0.25) is 0 Å². The minimum Gasteiger partial charge on any atom is -0.423 e. The molecule has 5 rings (SSSR count). The molecule has 1 aliphatic heterocycles. The molecule has 0 bridgehead atoms. The van der Waals surface area contributed by atoms with Gasteiger partial charge in [-0.3, -0.25) is 10.00 Å². The van der Waals surface area contributed by atoms with E-state index in [4.69, 9.17) is 26.1 Å². The molecule has 1 aromatic carbocycles. The summed E-state index contributed by atoms with van der Waals surface area (Å²) in [7, 11) is 1.73. The van der Waals surface area contributed by atoms with Crippen molar-refractivity contribution in [3.63, 3.8) is 0 Å². The molecule has 0 unspecified atom stereocenters. The first-order valence-corrected chi connectivity index (χ1v) is 12.7. The second kappa shape index (κ2) is 11.2. The van der Waals surface area contributed by atoms with Gasteiger partial charge in [-0.25, -0.2) is 0 Å². The summed E-state index contributed by atoms with van der Waals surface area (Å²) in [5.74, 6) is 2.50. The Labute approximate surface area is 220 Å². The highest BCUT2D eigenvalue weighted by Crippen LogP contribution is 2.36. The van der Waals surface area contributed by atoms with Crippen LogP contribution in [0.3, 0.4) is 0 Å². The molecule has 1 saturated heterocycles. The van der Waals surface area contributed by atoms with E-state index in [1.807, 2.05) is 56.3 Å². The Morgan fingerprint density at radius 1 is 1.11 bits per heavy atom. The maximum absolute atomic E-state index is 6.69. The van der Waals surface area contributed by atoms with Crippen molar-refractivity contribution in [1.82, 2.24) is 30.0 Å². The van der Waals surface area contributed by atoms with Gasteiger partial charge < -0.3 is 24.7 Å². The van der Waals surface area contributed by atoms with Crippen molar-refractivity contribution in [2.24, 2.45) is 0 Å². The Balaban J connectivity index is 1.42. The molecular formula is C26H31ClN8O2. The third-order valence-electron chi connectivity index (χ3n) is 6.24. The van der Waals surface area contributed by atoms with Crippen molar-refractivity contribution in [3.05, 3.63) is 52.8 Å². The highest BCUT2D eigenvalue weighted by atomic mass is 35.5. The summed E-state index contributed by atoms with van der Waals surface area (Å²) in [5.41, 5.74) is 2.87. The summed E-state index contributed by atoms with van der Waals surface area (Å²) in [6.45, 7) is 9.12. The van der Waals surface area contributed by atoms with E-state index in [0.29, 0.717) is 22.4 Å². The number of nitrogens with zero attached hydrogens (tertiary/aromatic N) is 5. The molecule has 0 amide bonds. The van der Waals surface area contributed by atoms with Crippen LogP contribution in [0.2, 0.25) is 5.02 Å². The monoisotopic (exact) mass is 522 g/mol. The van der Waals surface area contributed by atoms with Crippen molar-refractivity contribution < 1.29 is 9.47 Å². The molecule has 3 N–H and O–H groups in total. The molecule has 1 fully saturated rings. The summed E-state index contributed by atoms with van der Waals surface area (Å²) in [5, 5.41) is 12.0. The van der Waals surface area contributed by atoms with Gasteiger partial charge in [0, 0.05) is 68.6 Å². The largest absolute Gasteiger partial charge is 0.423 e. The number of H-pyrrole nitrogens is 2. The predicted octanol–water partition coefficient (Wildman–Crippen LogP) is 4.98. The van der Waals surface area contributed by atoms with Crippen LogP contribution in [0.25, 0.3) is 17.0 Å². The number of methoxy groups -OCH3 is 1. The van der Waals surface area contributed by atoms with E-state index in [1.165, 1.54) is 0 Å². The molecule has 4 heterocycles. The fourth-order valence-corrected chi connectivity index (χ4v) is 4.63. The van der Waals surface area contributed by atoms with Crippen LogP contribution in [0.4, 0.5) is 17.5 Å². The maximum atomic E-state index is 6.69. The van der Waals surface area contributed by atoms with E-state index in [9.17, 15) is 0 Å². The lowest BCUT2D eigenvalue weighted by molar-refractivity contribution is 0.144. The summed E-state index contributed by atoms with van der Waals surface area (Å²) < 4.78 is 11.4. The average molecular weight is 523 g/mol. The van der Waals surface area contributed by atoms with Gasteiger partial charge in [0.1, 0.15) is 17.4 Å². The van der Waals surface area contributed by atoms with Gasteiger partial charge in [-0.2, -0.15) is 15.1 Å². The summed E-state index contributed by atoms with van der Waals surface area (Å²) >= 11 is 6.69. The first-order chi connectivity index (χ1) is 18.0. The van der Waals surface area contributed by atoms with Gasteiger partial charge in [-0.15, -0.1) is 0 Å². The molecule has 3 aromatic heterocycles. The molecule has 37 heavy (non-hydrogen) atoms. The Morgan fingerprint density at radius 3 is 2.73 bits per heavy atom. The Hall–Kier alpha value is -3.60. The summed E-state index contributed by atoms with van der Waals surface area (Å²) in [4.78, 5) is 17.3. The number of rotatable bonds is 9. The molecule has 11 heteroatoms. The van der Waals surface area contributed by atoms with Crippen LogP contribution in [0.1, 0.15) is 18.3 Å². The maximum Gasteiger partial charge on any atom is 0.325 e. The molecule has 10 nitrogen and oxygen atoms in total. The zero-order chi connectivity index (χ0) is 25.8. The number of nitrogens with one attached hydrogen (secondary N) is 3. The lowest BCUT2D eigenvalue weighted by atomic mass is 10.2. The molecule has 1 aliphatic rings. The van der Waals surface area contributed by atoms with Crippen LogP contribution in [0.15, 0.2) is 36.4 Å². The SMILES string of the molecule is C/C=C/c1cc(Nc2cc(N3CCN(CCOC)CC3)nc(Oc3ccc4[nH]c(C)cc4c3Cl)n2)n[nH]1. The molecule has 194 valence electrons. The van der Waals surface area contributed by atoms with E-state index in [-0.39, 0.29) is 6.01 Å². The van der Waals surface area contributed by atoms with Crippen molar-refractivity contribution in [3.8, 4) is 11.8 Å². The Kier molecular flexibility index (Phi) is 7.59. The van der Waals surface area contributed by atoms with Crippen LogP contribution >= 0.6 is 11.6 Å². The number of allylic oxidation sites excluding steroid dienone is 1. The van der Waals surface area contributed by atoms with Gasteiger partial charge in [0.05, 0.1) is 17.3 Å². The third-order valence-corrected chi connectivity index (χ3v) is 6.63. The number of piperazine rings is 1. The van der Waals surface area contributed by atoms with Gasteiger partial charge in [0.15, 0.2) is 5.82 Å². The first kappa shape index (κ1) is 25.1. The topological polar surface area (TPSA) is 107 Å². The zero-order valence-corrected chi connectivity index (χ0v) is 22.0. The molecule has 0 saturated carbocycles. The minimum absolute atomic E-state index is 0.208. The van der Waals surface area contributed by atoms with Crippen LogP contribution in [-0.2, 0) is 4.74 Å². The normalized spacial score (nSPS) is 14.6. The predicted molar refractivity (Wildman–Crippen MR) is 147 cm³/mol. The second-order valence-electron chi connectivity index (χ2n) is 8.94. The van der Waals surface area contributed by atoms with E-state index < -0.39 is 0 Å². The van der Waals surface area contributed by atoms with E-state index in [2.05, 4.69) is 35.3 Å². The Morgan fingerprint density at radius 2 is 1.95 bits per heavy atom. The van der Waals surface area contributed by atoms with Crippen LogP contribution in [0, 0.1) is 6.92 Å². The third kappa shape index (κ3) is 5.87. The molecule has 4 aromatic rings. The zero-order valence-electron chi connectivity index (χ0n) is 21.2. The van der Waals surface area contributed by atoms with Gasteiger partial charge in [-0.05, 0) is 38.1 Å². The van der Waals surface area contributed by atoms with Gasteiger partial charge in [-0.1, -0.05) is 17.7 Å². The number of hydrogen-bond donors (Lipinski definition) is 3. The average Bonchev–Trinajstić information content (AvgIpc) is 3.50. The number of halogens is 1. The van der Waals surface area contributed by atoms with E-state index >= 15 is 0 Å². The summed E-state index contributed by atoms with van der Waals surface area (Å²) in [6.07, 6.45) is 3.90. The highest BCUT2D eigenvalue weighted by Gasteiger charge is 2.21. The number of anilines is 3. The molecule has 0 aliphatic carbocycles. The number of aromatic nitrogens is 5. The Bertz CT molecular complexity index is 1390. The first-order valence-electron chi connectivity index (χ1n) is 12.3. The van der Waals surface area contributed by atoms with Crippen molar-refractivity contribution in [2.45, 2.75) is 13.8 Å². The number of aromatic amines is 2. The van der Waals surface area contributed by atoms with Crippen molar-refractivity contribution in [1.29, 1.82) is 0 Å². The number of aryl methyl sites for hydroxylation is 1. The van der Waals surface area contributed by atoms with Crippen LogP contribution < -0.4 is 15.0 Å². The smallest absolute Gasteiger partial charge is 0.325 e. The number of hydrogen-bond acceptors (Lipinski definition) is 8. The van der Waals surface area contributed by atoms with E-state index in [1.54, 1.807) is 7.11 Å².